The van der Waals surface area contributed by atoms with Crippen LogP contribution in [0.15, 0.2) is 18.2 Å². The number of rotatable bonds is 4. The summed E-state index contributed by atoms with van der Waals surface area (Å²) >= 11 is 6.09. The maximum atomic E-state index is 12.3. The van der Waals surface area contributed by atoms with Crippen LogP contribution < -0.4 is 10.6 Å². The van der Waals surface area contributed by atoms with Crippen LogP contribution in [0.2, 0.25) is 5.02 Å². The number of hydrogen-bond acceptors (Lipinski definition) is 5. The quantitative estimate of drug-likeness (QED) is 0.750. The van der Waals surface area contributed by atoms with Crippen molar-refractivity contribution in [2.45, 2.75) is 6.10 Å². The molecule has 0 radical (unpaired) electrons. The molecule has 1 atom stereocenters. The molecule has 1 heterocycles. The molecule has 1 aromatic rings. The minimum atomic E-state index is -0.728. The molecule has 0 bridgehead atoms. The first-order valence-corrected chi connectivity index (χ1v) is 7.77. The number of nitrogens with zero attached hydrogens (tertiary/aromatic N) is 1. The van der Waals surface area contributed by atoms with Crippen molar-refractivity contribution in [2.75, 3.05) is 50.7 Å². The molecule has 1 unspecified atom stereocenters. The number of halogens is 1. The Labute approximate surface area is 144 Å². The van der Waals surface area contributed by atoms with Gasteiger partial charge in [0, 0.05) is 19.3 Å². The lowest BCUT2D eigenvalue weighted by Gasteiger charge is -2.22. The summed E-state index contributed by atoms with van der Waals surface area (Å²) in [5.41, 5.74) is 0.840. The zero-order valence-corrected chi connectivity index (χ0v) is 14.0. The van der Waals surface area contributed by atoms with E-state index in [2.05, 4.69) is 10.6 Å². The van der Waals surface area contributed by atoms with E-state index in [4.69, 9.17) is 21.1 Å². The number of aliphatic hydroxyl groups is 1. The molecule has 8 nitrogen and oxygen atoms in total. The summed E-state index contributed by atoms with van der Waals surface area (Å²) in [5.74, 6) is -0.315. The molecule has 1 fully saturated rings. The van der Waals surface area contributed by atoms with Crippen molar-refractivity contribution in [3.05, 3.63) is 23.2 Å². The lowest BCUT2D eigenvalue weighted by Crippen LogP contribution is -2.40. The topological polar surface area (TPSA) is 100 Å². The Morgan fingerprint density at radius 1 is 1.46 bits per heavy atom. The van der Waals surface area contributed by atoms with Gasteiger partial charge in [-0.05, 0) is 18.2 Å². The van der Waals surface area contributed by atoms with Crippen LogP contribution in [-0.4, -0.2) is 68.1 Å². The Morgan fingerprint density at radius 2 is 2.25 bits per heavy atom. The van der Waals surface area contributed by atoms with E-state index in [1.165, 1.54) is 12.0 Å². The molecular formula is C15H20ClN3O5. The Kier molecular flexibility index (Phi) is 6.80. The van der Waals surface area contributed by atoms with Crippen LogP contribution in [0, 0.1) is 0 Å². The minimum absolute atomic E-state index is 0.0734. The molecule has 24 heavy (non-hydrogen) atoms. The summed E-state index contributed by atoms with van der Waals surface area (Å²) in [6.07, 6.45) is -0.728. The smallest absolute Gasteiger partial charge is 0.322 e. The van der Waals surface area contributed by atoms with Gasteiger partial charge in [-0.15, -0.1) is 0 Å². The number of anilines is 2. The average Bonchev–Trinajstić information content (AvgIpc) is 2.75. The predicted octanol–water partition coefficient (Wildman–Crippen LogP) is 1.15. The Hall–Kier alpha value is -1.87. The van der Waals surface area contributed by atoms with E-state index in [1.54, 1.807) is 18.2 Å². The van der Waals surface area contributed by atoms with Gasteiger partial charge in [0.15, 0.2) is 0 Å². The zero-order chi connectivity index (χ0) is 17.5. The third kappa shape index (κ3) is 5.34. The molecule has 1 aromatic carbocycles. The van der Waals surface area contributed by atoms with Crippen LogP contribution in [0.5, 0.6) is 0 Å². The summed E-state index contributed by atoms with van der Waals surface area (Å²) in [6.45, 7) is 1.02. The fraction of sp³-hybridized carbons (Fsp3) is 0.467. The molecule has 2 rings (SSSR count). The van der Waals surface area contributed by atoms with Crippen molar-refractivity contribution in [3.8, 4) is 0 Å². The van der Waals surface area contributed by atoms with E-state index >= 15 is 0 Å². The van der Waals surface area contributed by atoms with E-state index in [-0.39, 0.29) is 25.7 Å². The van der Waals surface area contributed by atoms with E-state index in [0.717, 1.165) is 0 Å². The second kappa shape index (κ2) is 8.84. The highest BCUT2D eigenvalue weighted by Gasteiger charge is 2.21. The Morgan fingerprint density at radius 3 is 3.00 bits per heavy atom. The van der Waals surface area contributed by atoms with Gasteiger partial charge < -0.3 is 30.1 Å². The van der Waals surface area contributed by atoms with Crippen molar-refractivity contribution >= 4 is 34.9 Å². The fourth-order valence-corrected chi connectivity index (χ4v) is 2.36. The molecule has 0 aliphatic carbocycles. The summed E-state index contributed by atoms with van der Waals surface area (Å²) in [6, 6.07) is 4.34. The van der Waals surface area contributed by atoms with Crippen molar-refractivity contribution < 1.29 is 24.2 Å². The number of urea groups is 1. The minimum Gasteiger partial charge on any atom is -0.389 e. The fourth-order valence-electron chi connectivity index (χ4n) is 2.20. The van der Waals surface area contributed by atoms with Gasteiger partial charge in [0.05, 0.1) is 36.6 Å². The van der Waals surface area contributed by atoms with Crippen LogP contribution in [0.25, 0.3) is 0 Å². The molecule has 9 heteroatoms. The average molecular weight is 358 g/mol. The highest BCUT2D eigenvalue weighted by atomic mass is 35.5. The van der Waals surface area contributed by atoms with Gasteiger partial charge in [-0.25, -0.2) is 4.79 Å². The highest BCUT2D eigenvalue weighted by Crippen LogP contribution is 2.26. The van der Waals surface area contributed by atoms with Gasteiger partial charge in [-0.2, -0.15) is 0 Å². The molecule has 3 N–H and O–H groups in total. The lowest BCUT2D eigenvalue weighted by molar-refractivity contribution is -0.119. The van der Waals surface area contributed by atoms with Crippen LogP contribution >= 0.6 is 11.6 Å². The third-order valence-electron chi connectivity index (χ3n) is 3.30. The third-order valence-corrected chi connectivity index (χ3v) is 3.63. The first-order valence-electron chi connectivity index (χ1n) is 7.39. The van der Waals surface area contributed by atoms with Crippen molar-refractivity contribution in [1.82, 2.24) is 4.90 Å². The zero-order valence-electron chi connectivity index (χ0n) is 13.3. The number of ether oxygens (including phenoxy) is 2. The largest absolute Gasteiger partial charge is 0.389 e. The number of benzene rings is 1. The van der Waals surface area contributed by atoms with Crippen molar-refractivity contribution in [3.63, 3.8) is 0 Å². The first kappa shape index (κ1) is 18.5. The van der Waals surface area contributed by atoms with E-state index in [1.807, 2.05) is 0 Å². The van der Waals surface area contributed by atoms with Crippen LogP contribution in [0.4, 0.5) is 16.2 Å². The monoisotopic (exact) mass is 357 g/mol. The SMILES string of the molecule is COCC(=O)Nc1ccc(Cl)c(NC(=O)N2CCOCC(O)C2)c1. The summed E-state index contributed by atoms with van der Waals surface area (Å²) in [7, 11) is 1.42. The molecule has 132 valence electrons. The van der Waals surface area contributed by atoms with Crippen LogP contribution in [0.3, 0.4) is 0 Å². The summed E-state index contributed by atoms with van der Waals surface area (Å²) < 4.78 is 9.94. The van der Waals surface area contributed by atoms with Gasteiger partial charge >= 0.3 is 6.03 Å². The van der Waals surface area contributed by atoms with Crippen molar-refractivity contribution in [2.24, 2.45) is 0 Å². The van der Waals surface area contributed by atoms with Crippen molar-refractivity contribution in [1.29, 1.82) is 0 Å². The number of methoxy groups -OCH3 is 1. The summed E-state index contributed by atoms with van der Waals surface area (Å²) in [4.78, 5) is 25.3. The van der Waals surface area contributed by atoms with Gasteiger partial charge in [0.25, 0.3) is 0 Å². The normalized spacial score (nSPS) is 18.0. The first-order chi connectivity index (χ1) is 11.5. The molecule has 1 saturated heterocycles. The van der Waals surface area contributed by atoms with E-state index in [0.29, 0.717) is 29.5 Å². The molecule has 3 amide bonds. The predicted molar refractivity (Wildman–Crippen MR) is 89.4 cm³/mol. The standard InChI is InChI=1S/C15H20ClN3O5/c1-23-9-14(21)17-10-2-3-12(16)13(6-10)18-15(22)19-4-5-24-8-11(20)7-19/h2-3,6,11,20H,4-5,7-9H2,1H3,(H,17,21)(H,18,22). The molecule has 0 saturated carbocycles. The number of β-amino-alcohol motifs (C(OH)–C–C–N with tert-alkyl or cyclic N) is 1. The highest BCUT2D eigenvalue weighted by molar-refractivity contribution is 6.33. The van der Waals surface area contributed by atoms with Gasteiger partial charge in [-0.3, -0.25) is 4.79 Å². The lowest BCUT2D eigenvalue weighted by atomic mass is 10.2. The molecule has 1 aliphatic rings. The Balaban J connectivity index is 2.04. The molecule has 0 spiro atoms. The number of nitrogens with one attached hydrogen (secondary N) is 2. The maximum Gasteiger partial charge on any atom is 0.322 e. The maximum absolute atomic E-state index is 12.3. The number of hydrogen-bond donors (Lipinski definition) is 3. The van der Waals surface area contributed by atoms with Crippen LogP contribution in [0.1, 0.15) is 0 Å². The molecule has 0 aromatic heterocycles. The van der Waals surface area contributed by atoms with Gasteiger partial charge in [-0.1, -0.05) is 11.6 Å². The molecule has 1 aliphatic heterocycles. The number of carbonyl (C=O) groups is 2. The number of aliphatic hydroxyl groups excluding tert-OH is 1. The van der Waals surface area contributed by atoms with E-state index < -0.39 is 12.1 Å². The van der Waals surface area contributed by atoms with Gasteiger partial charge in [0.2, 0.25) is 5.91 Å². The van der Waals surface area contributed by atoms with Crippen LogP contribution in [-0.2, 0) is 14.3 Å². The molecular weight excluding hydrogens is 338 g/mol. The van der Waals surface area contributed by atoms with Gasteiger partial charge in [0.1, 0.15) is 6.61 Å². The Bertz CT molecular complexity index is 598. The second-order valence-electron chi connectivity index (χ2n) is 5.28. The number of carbonyl (C=O) groups excluding carboxylic acids is 2. The summed E-state index contributed by atoms with van der Waals surface area (Å²) in [5, 5.41) is 15.3. The number of amides is 3. The van der Waals surface area contributed by atoms with E-state index in [9.17, 15) is 14.7 Å². The second-order valence-corrected chi connectivity index (χ2v) is 5.69.